The van der Waals surface area contributed by atoms with E-state index in [0.29, 0.717) is 0 Å². The molecule has 1 heterocycles. The minimum absolute atomic E-state index is 0.0323. The number of hydrogen-bond acceptors (Lipinski definition) is 4. The number of thioether (sulfide) groups is 1. The van der Waals surface area contributed by atoms with E-state index in [1.807, 2.05) is 55.5 Å². The molecule has 1 N–H and O–H groups in total. The van der Waals surface area contributed by atoms with Crippen molar-refractivity contribution in [2.24, 2.45) is 0 Å². The zero-order valence-corrected chi connectivity index (χ0v) is 17.8. The Morgan fingerprint density at radius 3 is 2.45 bits per heavy atom. The van der Waals surface area contributed by atoms with Gasteiger partial charge in [0.1, 0.15) is 0 Å². The summed E-state index contributed by atoms with van der Waals surface area (Å²) in [7, 11) is 0. The van der Waals surface area contributed by atoms with Crippen LogP contribution >= 0.6 is 23.1 Å². The topological polar surface area (TPSA) is 42.0 Å². The van der Waals surface area contributed by atoms with Crippen LogP contribution in [0.1, 0.15) is 23.1 Å². The van der Waals surface area contributed by atoms with Gasteiger partial charge in [0.15, 0.2) is 0 Å². The molecule has 3 aromatic carbocycles. The van der Waals surface area contributed by atoms with Crippen LogP contribution in [-0.4, -0.2) is 16.1 Å². The van der Waals surface area contributed by atoms with Gasteiger partial charge >= 0.3 is 0 Å². The molecule has 0 fully saturated rings. The molecule has 3 nitrogen and oxygen atoms in total. The van der Waals surface area contributed by atoms with Crippen LogP contribution in [0.4, 0.5) is 5.69 Å². The summed E-state index contributed by atoms with van der Waals surface area (Å²) in [6.07, 6.45) is 0.802. The number of aromatic nitrogens is 1. The maximum atomic E-state index is 12.5. The van der Waals surface area contributed by atoms with Gasteiger partial charge in [0.25, 0.3) is 0 Å². The number of nitrogens with zero attached hydrogens (tertiary/aromatic N) is 1. The number of rotatable bonds is 7. The van der Waals surface area contributed by atoms with Gasteiger partial charge in [-0.25, -0.2) is 4.98 Å². The Labute approximate surface area is 179 Å². The minimum Gasteiger partial charge on any atom is -0.325 e. The van der Waals surface area contributed by atoms with Gasteiger partial charge in [-0.2, -0.15) is 0 Å². The van der Waals surface area contributed by atoms with Crippen molar-refractivity contribution in [3.05, 3.63) is 95.0 Å². The number of nitrogens with one attached hydrogen (secondary N) is 1. The molecular formula is C24H22N2OS2. The van der Waals surface area contributed by atoms with Crippen LogP contribution in [0, 0.1) is 0 Å². The van der Waals surface area contributed by atoms with Crippen molar-refractivity contribution in [1.82, 2.24) is 4.98 Å². The molecule has 4 aromatic rings. The van der Waals surface area contributed by atoms with Gasteiger partial charge in [0.05, 0.1) is 20.5 Å². The summed E-state index contributed by atoms with van der Waals surface area (Å²) in [6.45, 7) is 1.95. The van der Waals surface area contributed by atoms with Crippen molar-refractivity contribution in [3.8, 4) is 0 Å². The average molecular weight is 419 g/mol. The molecule has 29 heavy (non-hydrogen) atoms. The summed E-state index contributed by atoms with van der Waals surface area (Å²) in [6, 6.07) is 26.5. The minimum atomic E-state index is -0.113. The largest absolute Gasteiger partial charge is 0.325 e. The molecule has 1 amide bonds. The summed E-state index contributed by atoms with van der Waals surface area (Å²) in [5.74, 6) is 0.862. The maximum Gasteiger partial charge on any atom is 0.237 e. The standard InChI is InChI=1S/C24H22N2OS2/c1-17(28-16-19-7-3-2-4-8-19)24(27)25-20-13-11-18(12-14-20)15-23-26-21-9-5-6-10-22(21)29-23/h2-14,17H,15-16H2,1H3,(H,25,27)/t17-/m1/s1. The van der Waals surface area contributed by atoms with Crippen LogP contribution in [-0.2, 0) is 17.0 Å². The molecule has 146 valence electrons. The summed E-state index contributed by atoms with van der Waals surface area (Å²) >= 11 is 3.38. The van der Waals surface area contributed by atoms with E-state index >= 15 is 0 Å². The first-order valence-corrected chi connectivity index (χ1v) is 11.4. The van der Waals surface area contributed by atoms with Crippen LogP contribution in [0.25, 0.3) is 10.2 Å². The molecule has 1 atom stereocenters. The van der Waals surface area contributed by atoms with E-state index in [-0.39, 0.29) is 11.2 Å². The van der Waals surface area contributed by atoms with E-state index in [9.17, 15) is 4.79 Å². The number of amides is 1. The number of anilines is 1. The highest BCUT2D eigenvalue weighted by Gasteiger charge is 2.14. The Balaban J connectivity index is 1.32. The summed E-state index contributed by atoms with van der Waals surface area (Å²) < 4.78 is 1.22. The van der Waals surface area contributed by atoms with Crippen LogP contribution in [0.2, 0.25) is 0 Å². The molecule has 0 aliphatic carbocycles. The van der Waals surface area contributed by atoms with E-state index in [1.165, 1.54) is 15.8 Å². The number of para-hydroxylation sites is 1. The highest BCUT2D eigenvalue weighted by molar-refractivity contribution is 7.99. The van der Waals surface area contributed by atoms with Crippen LogP contribution in [0.3, 0.4) is 0 Å². The first-order chi connectivity index (χ1) is 14.2. The lowest BCUT2D eigenvalue weighted by atomic mass is 10.1. The highest BCUT2D eigenvalue weighted by Crippen LogP contribution is 2.24. The second kappa shape index (κ2) is 9.25. The van der Waals surface area contributed by atoms with Crippen LogP contribution in [0.5, 0.6) is 0 Å². The van der Waals surface area contributed by atoms with E-state index in [4.69, 9.17) is 4.98 Å². The second-order valence-corrected chi connectivity index (χ2v) is 9.32. The summed E-state index contributed by atoms with van der Waals surface area (Å²) in [4.78, 5) is 17.2. The molecule has 0 bridgehead atoms. The molecule has 0 radical (unpaired) electrons. The lowest BCUT2D eigenvalue weighted by Crippen LogP contribution is -2.22. The number of carbonyl (C=O) groups is 1. The van der Waals surface area contributed by atoms with E-state index < -0.39 is 0 Å². The van der Waals surface area contributed by atoms with Gasteiger partial charge in [-0.15, -0.1) is 23.1 Å². The maximum absolute atomic E-state index is 12.5. The molecule has 0 saturated heterocycles. The van der Waals surface area contributed by atoms with E-state index in [0.717, 1.165) is 28.4 Å². The van der Waals surface area contributed by atoms with Crippen LogP contribution in [0.15, 0.2) is 78.9 Å². The molecule has 0 spiro atoms. The Hall–Kier alpha value is -2.63. The fourth-order valence-electron chi connectivity index (χ4n) is 2.99. The molecule has 1 aromatic heterocycles. The lowest BCUT2D eigenvalue weighted by molar-refractivity contribution is -0.115. The Morgan fingerprint density at radius 2 is 1.69 bits per heavy atom. The third kappa shape index (κ3) is 5.25. The van der Waals surface area contributed by atoms with Crippen molar-refractivity contribution in [1.29, 1.82) is 0 Å². The van der Waals surface area contributed by atoms with E-state index in [1.54, 1.807) is 23.1 Å². The van der Waals surface area contributed by atoms with Gasteiger partial charge in [-0.3, -0.25) is 4.79 Å². The normalized spacial score (nSPS) is 12.0. The lowest BCUT2D eigenvalue weighted by Gasteiger charge is -2.12. The van der Waals surface area contributed by atoms with Gasteiger partial charge in [0.2, 0.25) is 5.91 Å². The smallest absolute Gasteiger partial charge is 0.237 e. The van der Waals surface area contributed by atoms with Gasteiger partial charge in [-0.05, 0) is 42.3 Å². The van der Waals surface area contributed by atoms with Gasteiger partial charge < -0.3 is 5.32 Å². The molecule has 5 heteroatoms. The number of hydrogen-bond donors (Lipinski definition) is 1. The van der Waals surface area contributed by atoms with Crippen LogP contribution < -0.4 is 5.32 Å². The van der Waals surface area contributed by atoms with Gasteiger partial charge in [-0.1, -0.05) is 54.6 Å². The number of fused-ring (bicyclic) bond motifs is 1. The van der Waals surface area contributed by atoms with Gasteiger partial charge in [0, 0.05) is 17.9 Å². The van der Waals surface area contributed by atoms with Crippen molar-refractivity contribution in [2.75, 3.05) is 5.32 Å². The van der Waals surface area contributed by atoms with E-state index in [2.05, 4.69) is 35.6 Å². The highest BCUT2D eigenvalue weighted by atomic mass is 32.2. The number of benzene rings is 3. The molecule has 0 aliphatic rings. The Bertz CT molecular complexity index is 1060. The third-order valence-electron chi connectivity index (χ3n) is 4.63. The second-order valence-electron chi connectivity index (χ2n) is 6.88. The molecule has 0 unspecified atom stereocenters. The zero-order valence-electron chi connectivity index (χ0n) is 16.2. The monoisotopic (exact) mass is 418 g/mol. The number of carbonyl (C=O) groups excluding carboxylic acids is 1. The first-order valence-electron chi connectivity index (χ1n) is 9.57. The quantitative estimate of drug-likeness (QED) is 0.391. The van der Waals surface area contributed by atoms with Crippen molar-refractivity contribution in [2.45, 2.75) is 24.3 Å². The molecule has 4 rings (SSSR count). The van der Waals surface area contributed by atoms with Crippen molar-refractivity contribution >= 4 is 44.9 Å². The fourth-order valence-corrected chi connectivity index (χ4v) is 4.84. The van der Waals surface area contributed by atoms with Crippen molar-refractivity contribution in [3.63, 3.8) is 0 Å². The Morgan fingerprint density at radius 1 is 0.966 bits per heavy atom. The predicted molar refractivity (Wildman–Crippen MR) is 125 cm³/mol. The molecular weight excluding hydrogens is 396 g/mol. The SMILES string of the molecule is C[C@@H](SCc1ccccc1)C(=O)Nc1ccc(Cc2nc3ccccc3s2)cc1. The number of thiazole rings is 1. The Kier molecular flexibility index (Phi) is 6.27. The molecule has 0 aliphatic heterocycles. The summed E-state index contributed by atoms with van der Waals surface area (Å²) in [5.41, 5.74) is 4.30. The fraction of sp³-hybridized carbons (Fsp3) is 0.167. The summed E-state index contributed by atoms with van der Waals surface area (Å²) in [5, 5.41) is 4.01. The predicted octanol–water partition coefficient (Wildman–Crippen LogP) is 6.15. The third-order valence-corrected chi connectivity index (χ3v) is 6.88. The van der Waals surface area contributed by atoms with Crippen molar-refractivity contribution < 1.29 is 4.79 Å². The molecule has 0 saturated carbocycles. The zero-order chi connectivity index (χ0) is 20.1. The average Bonchev–Trinajstić information content (AvgIpc) is 3.16. The first kappa shape index (κ1) is 19.7.